The van der Waals surface area contributed by atoms with E-state index in [1.807, 2.05) is 22.4 Å². The molecule has 0 radical (unpaired) electrons. The first-order valence-corrected chi connectivity index (χ1v) is 6.97. The normalized spacial score (nSPS) is 18.9. The van der Waals surface area contributed by atoms with Crippen molar-refractivity contribution in [2.45, 2.75) is 25.0 Å². The number of methoxy groups -OCH3 is 2. The second-order valence-electron chi connectivity index (χ2n) is 4.46. The van der Waals surface area contributed by atoms with E-state index in [1.165, 1.54) is 0 Å². The highest BCUT2D eigenvalue weighted by molar-refractivity contribution is 7.10. The van der Waals surface area contributed by atoms with Crippen LogP contribution in [0, 0.1) is 0 Å². The molecular weight excluding hydrogens is 250 g/mol. The molecule has 18 heavy (non-hydrogen) atoms. The summed E-state index contributed by atoms with van der Waals surface area (Å²) in [5, 5.41) is 2.00. The summed E-state index contributed by atoms with van der Waals surface area (Å²) in [4.78, 5) is 15.1. The van der Waals surface area contributed by atoms with Crippen LogP contribution < -0.4 is 0 Å². The number of amides is 1. The lowest BCUT2D eigenvalue weighted by atomic mass is 10.0. The predicted molar refractivity (Wildman–Crippen MR) is 70.6 cm³/mol. The molecule has 1 aliphatic rings. The molecule has 2 heterocycles. The first-order chi connectivity index (χ1) is 8.69. The maximum absolute atomic E-state index is 12.1. The third-order valence-electron chi connectivity index (χ3n) is 3.53. The van der Waals surface area contributed by atoms with Crippen LogP contribution >= 0.6 is 11.3 Å². The molecule has 0 N–H and O–H groups in total. The van der Waals surface area contributed by atoms with Gasteiger partial charge in [0.1, 0.15) is 0 Å². The van der Waals surface area contributed by atoms with Gasteiger partial charge in [0.2, 0.25) is 5.91 Å². The number of carbonyl (C=O) groups is 1. The number of likely N-dealkylation sites (tertiary alicyclic amines) is 1. The molecule has 0 saturated carbocycles. The summed E-state index contributed by atoms with van der Waals surface area (Å²) in [6, 6.07) is 3.98. The first kappa shape index (κ1) is 13.5. The molecule has 4 nitrogen and oxygen atoms in total. The molecule has 1 aromatic heterocycles. The van der Waals surface area contributed by atoms with E-state index < -0.39 is 5.79 Å². The third-order valence-corrected chi connectivity index (χ3v) is 4.40. The number of nitrogens with zero attached hydrogens (tertiary/aromatic N) is 1. The average molecular weight is 269 g/mol. The summed E-state index contributed by atoms with van der Waals surface area (Å²) in [5.41, 5.74) is 0. The summed E-state index contributed by atoms with van der Waals surface area (Å²) in [6.45, 7) is 1.40. The minimum atomic E-state index is -0.500. The Morgan fingerprint density at radius 2 is 2.06 bits per heavy atom. The van der Waals surface area contributed by atoms with Crippen molar-refractivity contribution in [3.63, 3.8) is 0 Å². The molecule has 0 spiro atoms. The van der Waals surface area contributed by atoms with Crippen molar-refractivity contribution in [2.75, 3.05) is 27.3 Å². The van der Waals surface area contributed by atoms with Crippen LogP contribution in [0.25, 0.3) is 0 Å². The average Bonchev–Trinajstić information content (AvgIpc) is 2.91. The Hall–Kier alpha value is -0.910. The lowest BCUT2D eigenvalue weighted by molar-refractivity contribution is -0.228. The van der Waals surface area contributed by atoms with E-state index in [4.69, 9.17) is 9.47 Å². The van der Waals surface area contributed by atoms with Gasteiger partial charge in [-0.1, -0.05) is 6.07 Å². The Bertz CT molecular complexity index is 377. The lowest BCUT2D eigenvalue weighted by Gasteiger charge is -2.39. The van der Waals surface area contributed by atoms with Crippen LogP contribution in [0.1, 0.15) is 17.7 Å². The maximum atomic E-state index is 12.1. The fraction of sp³-hybridized carbons (Fsp3) is 0.615. The largest absolute Gasteiger partial charge is 0.353 e. The van der Waals surface area contributed by atoms with Gasteiger partial charge in [-0.3, -0.25) is 4.79 Å². The molecule has 0 unspecified atom stereocenters. The van der Waals surface area contributed by atoms with Crippen molar-refractivity contribution in [2.24, 2.45) is 0 Å². The standard InChI is InChI=1S/C13H19NO3S/c1-16-13(17-2)5-7-14(8-6-13)12(15)10-11-4-3-9-18-11/h3-4,9H,5-8,10H2,1-2H3. The molecule has 100 valence electrons. The van der Waals surface area contributed by atoms with Crippen molar-refractivity contribution in [3.8, 4) is 0 Å². The number of hydrogen-bond acceptors (Lipinski definition) is 4. The topological polar surface area (TPSA) is 38.8 Å². The molecule has 0 aliphatic carbocycles. The zero-order valence-corrected chi connectivity index (χ0v) is 11.7. The number of thiophene rings is 1. The van der Waals surface area contributed by atoms with Gasteiger partial charge in [-0.2, -0.15) is 0 Å². The third kappa shape index (κ3) is 2.91. The van der Waals surface area contributed by atoms with E-state index >= 15 is 0 Å². The zero-order valence-electron chi connectivity index (χ0n) is 10.8. The Kier molecular flexibility index (Phi) is 4.37. The summed E-state index contributed by atoms with van der Waals surface area (Å²) < 4.78 is 10.8. The fourth-order valence-corrected chi connectivity index (χ4v) is 2.96. The van der Waals surface area contributed by atoms with Crippen LogP contribution in [0.3, 0.4) is 0 Å². The lowest BCUT2D eigenvalue weighted by Crippen LogP contribution is -2.49. The zero-order chi connectivity index (χ0) is 13.0. The second kappa shape index (κ2) is 5.82. The molecule has 1 fully saturated rings. The highest BCUT2D eigenvalue weighted by Crippen LogP contribution is 2.26. The molecular formula is C13H19NO3S. The van der Waals surface area contributed by atoms with E-state index in [0.29, 0.717) is 19.5 Å². The Morgan fingerprint density at radius 1 is 1.39 bits per heavy atom. The molecule has 1 aromatic rings. The Morgan fingerprint density at radius 3 is 2.56 bits per heavy atom. The van der Waals surface area contributed by atoms with Crippen molar-refractivity contribution in [1.29, 1.82) is 0 Å². The molecule has 0 bridgehead atoms. The summed E-state index contributed by atoms with van der Waals surface area (Å²) in [7, 11) is 3.32. The minimum Gasteiger partial charge on any atom is -0.353 e. The van der Waals surface area contributed by atoms with Crippen LogP contribution in [0.15, 0.2) is 17.5 Å². The fourth-order valence-electron chi connectivity index (χ4n) is 2.26. The van der Waals surface area contributed by atoms with Gasteiger partial charge in [0.05, 0.1) is 6.42 Å². The van der Waals surface area contributed by atoms with Crippen LogP contribution in [0.5, 0.6) is 0 Å². The van der Waals surface area contributed by atoms with Gasteiger partial charge >= 0.3 is 0 Å². The maximum Gasteiger partial charge on any atom is 0.227 e. The van der Waals surface area contributed by atoms with Gasteiger partial charge in [0, 0.05) is 45.0 Å². The van der Waals surface area contributed by atoms with E-state index in [-0.39, 0.29) is 5.91 Å². The Labute approximate surface area is 111 Å². The van der Waals surface area contributed by atoms with Crippen molar-refractivity contribution in [1.82, 2.24) is 4.90 Å². The van der Waals surface area contributed by atoms with Crippen LogP contribution in [-0.4, -0.2) is 43.9 Å². The summed E-state index contributed by atoms with van der Waals surface area (Å²) >= 11 is 1.63. The second-order valence-corrected chi connectivity index (χ2v) is 5.49. The molecule has 1 amide bonds. The summed E-state index contributed by atoms with van der Waals surface area (Å²) in [6.07, 6.45) is 1.97. The van der Waals surface area contributed by atoms with Gasteiger partial charge in [-0.15, -0.1) is 11.3 Å². The number of ether oxygens (including phenoxy) is 2. The quantitative estimate of drug-likeness (QED) is 0.784. The molecule has 1 saturated heterocycles. The van der Waals surface area contributed by atoms with Gasteiger partial charge in [-0.05, 0) is 11.4 Å². The van der Waals surface area contributed by atoms with E-state index in [0.717, 1.165) is 17.7 Å². The van der Waals surface area contributed by atoms with E-state index in [9.17, 15) is 4.79 Å². The van der Waals surface area contributed by atoms with E-state index in [2.05, 4.69) is 0 Å². The van der Waals surface area contributed by atoms with Gasteiger partial charge < -0.3 is 14.4 Å². The predicted octanol–water partition coefficient (Wildman–Crippen LogP) is 1.90. The van der Waals surface area contributed by atoms with Crippen LogP contribution in [-0.2, 0) is 20.7 Å². The van der Waals surface area contributed by atoms with Crippen molar-refractivity contribution >= 4 is 17.2 Å². The van der Waals surface area contributed by atoms with E-state index in [1.54, 1.807) is 25.6 Å². The molecule has 1 aliphatic heterocycles. The smallest absolute Gasteiger partial charge is 0.227 e. The monoisotopic (exact) mass is 269 g/mol. The highest BCUT2D eigenvalue weighted by atomic mass is 32.1. The highest BCUT2D eigenvalue weighted by Gasteiger charge is 2.35. The van der Waals surface area contributed by atoms with Crippen LogP contribution in [0.4, 0.5) is 0 Å². The van der Waals surface area contributed by atoms with Gasteiger partial charge in [0.15, 0.2) is 5.79 Å². The van der Waals surface area contributed by atoms with Gasteiger partial charge in [-0.25, -0.2) is 0 Å². The van der Waals surface area contributed by atoms with Gasteiger partial charge in [0.25, 0.3) is 0 Å². The first-order valence-electron chi connectivity index (χ1n) is 6.09. The number of piperidine rings is 1. The Balaban J connectivity index is 1.87. The molecule has 0 atom stereocenters. The number of hydrogen-bond donors (Lipinski definition) is 0. The molecule has 0 aromatic carbocycles. The van der Waals surface area contributed by atoms with Crippen LogP contribution in [0.2, 0.25) is 0 Å². The SMILES string of the molecule is COC1(OC)CCN(C(=O)Cc2cccs2)CC1. The van der Waals surface area contributed by atoms with Crippen molar-refractivity contribution in [3.05, 3.63) is 22.4 Å². The van der Waals surface area contributed by atoms with Crippen molar-refractivity contribution < 1.29 is 14.3 Å². The minimum absolute atomic E-state index is 0.193. The number of carbonyl (C=O) groups excluding carboxylic acids is 1. The number of rotatable bonds is 4. The molecule has 2 rings (SSSR count). The summed E-state index contributed by atoms with van der Waals surface area (Å²) in [5.74, 6) is -0.307. The molecule has 5 heteroatoms.